The summed E-state index contributed by atoms with van der Waals surface area (Å²) in [6.45, 7) is 0.822. The number of rotatable bonds is 4. The number of para-hydroxylation sites is 1. The molecule has 0 radical (unpaired) electrons. The van der Waals surface area contributed by atoms with Gasteiger partial charge >= 0.3 is 6.09 Å². The molecule has 156 valence electrons. The van der Waals surface area contributed by atoms with Crippen molar-refractivity contribution < 1.29 is 14.6 Å². The van der Waals surface area contributed by atoms with E-state index in [1.54, 1.807) is 4.68 Å². The number of anilines is 1. The quantitative estimate of drug-likeness (QED) is 0.519. The largest absolute Gasteiger partial charge is 0.465 e. The number of nitrogen functional groups attached to an aromatic ring is 1. The lowest BCUT2D eigenvalue weighted by Crippen LogP contribution is -2.27. The van der Waals surface area contributed by atoms with Crippen molar-refractivity contribution in [3.8, 4) is 22.8 Å². The van der Waals surface area contributed by atoms with E-state index in [1.807, 2.05) is 54.6 Å². The van der Waals surface area contributed by atoms with Crippen LogP contribution in [0.15, 0.2) is 60.9 Å². The first-order chi connectivity index (χ1) is 15.1. The number of hydrogen-bond acceptors (Lipinski definition) is 6. The van der Waals surface area contributed by atoms with Crippen molar-refractivity contribution in [3.05, 3.63) is 60.9 Å². The Morgan fingerprint density at radius 2 is 1.81 bits per heavy atom. The fraction of sp³-hybridized carbons (Fsp3) is 0.182. The number of nitrogens with zero attached hydrogens (tertiary/aromatic N) is 5. The second kappa shape index (κ2) is 7.60. The third-order valence-corrected chi connectivity index (χ3v) is 5.40. The molecule has 0 bridgehead atoms. The molecule has 31 heavy (non-hydrogen) atoms. The van der Waals surface area contributed by atoms with Crippen LogP contribution in [0.4, 0.5) is 10.6 Å². The molecule has 3 N–H and O–H groups in total. The summed E-state index contributed by atoms with van der Waals surface area (Å²) in [5.41, 5.74) is 8.29. The van der Waals surface area contributed by atoms with Crippen LogP contribution in [0.3, 0.4) is 0 Å². The highest BCUT2D eigenvalue weighted by Gasteiger charge is 2.30. The molecule has 0 spiro atoms. The minimum absolute atomic E-state index is 0.109. The average molecular weight is 416 g/mol. The Morgan fingerprint density at radius 3 is 2.52 bits per heavy atom. The summed E-state index contributed by atoms with van der Waals surface area (Å²) in [5, 5.41) is 14.7. The van der Waals surface area contributed by atoms with Crippen molar-refractivity contribution in [2.75, 3.05) is 18.8 Å². The van der Waals surface area contributed by atoms with Crippen molar-refractivity contribution in [2.45, 2.75) is 12.5 Å². The highest BCUT2D eigenvalue weighted by Crippen LogP contribution is 2.34. The zero-order valence-electron chi connectivity index (χ0n) is 16.5. The molecule has 9 nitrogen and oxygen atoms in total. The van der Waals surface area contributed by atoms with Crippen LogP contribution in [0.5, 0.6) is 11.5 Å². The second-order valence-corrected chi connectivity index (χ2v) is 7.36. The van der Waals surface area contributed by atoms with E-state index in [2.05, 4.69) is 9.97 Å². The molecule has 0 aliphatic carbocycles. The molecule has 3 heterocycles. The van der Waals surface area contributed by atoms with Gasteiger partial charge in [-0.25, -0.2) is 19.4 Å². The van der Waals surface area contributed by atoms with E-state index in [-0.39, 0.29) is 6.04 Å². The number of hydrogen-bond donors (Lipinski definition) is 2. The standard InChI is InChI=1S/C22H20N6O3/c23-20-18-19(14-6-8-17(9-7-14)31-16-4-2-1-3-5-16)26-28(21(18)25-13-24-20)15-10-11-27(12-15)22(29)30/h1-9,13,15H,10-12H2,(H,29,30)(H2,23,24,25). The van der Waals surface area contributed by atoms with Crippen molar-refractivity contribution in [1.29, 1.82) is 0 Å². The lowest BCUT2D eigenvalue weighted by atomic mass is 10.1. The molecule has 0 saturated carbocycles. The van der Waals surface area contributed by atoms with Crippen LogP contribution in [0.2, 0.25) is 0 Å². The Bertz CT molecular complexity index is 1240. The van der Waals surface area contributed by atoms with Gasteiger partial charge in [0.25, 0.3) is 0 Å². The summed E-state index contributed by atoms with van der Waals surface area (Å²) in [5.74, 6) is 1.80. The number of likely N-dealkylation sites (tertiary alicyclic amines) is 1. The van der Waals surface area contributed by atoms with E-state index < -0.39 is 6.09 Å². The highest BCUT2D eigenvalue weighted by atomic mass is 16.5. The van der Waals surface area contributed by atoms with E-state index in [1.165, 1.54) is 11.2 Å². The van der Waals surface area contributed by atoms with E-state index in [4.69, 9.17) is 15.6 Å². The van der Waals surface area contributed by atoms with Crippen LogP contribution < -0.4 is 10.5 Å². The minimum atomic E-state index is -0.928. The summed E-state index contributed by atoms with van der Waals surface area (Å²) in [6.07, 6.45) is 1.14. The van der Waals surface area contributed by atoms with Gasteiger partial charge in [-0.05, 0) is 42.8 Å². The molecule has 4 aromatic rings. The predicted molar refractivity (Wildman–Crippen MR) is 115 cm³/mol. The number of ether oxygens (including phenoxy) is 1. The van der Waals surface area contributed by atoms with Crippen molar-refractivity contribution in [2.24, 2.45) is 0 Å². The van der Waals surface area contributed by atoms with Gasteiger partial charge in [0.2, 0.25) is 0 Å². The maximum atomic E-state index is 11.3. The smallest absolute Gasteiger partial charge is 0.407 e. The van der Waals surface area contributed by atoms with Gasteiger partial charge in [0.05, 0.1) is 11.4 Å². The molecule has 9 heteroatoms. The van der Waals surface area contributed by atoms with Gasteiger partial charge in [-0.15, -0.1) is 0 Å². The van der Waals surface area contributed by atoms with Crippen LogP contribution in [0.25, 0.3) is 22.3 Å². The Kier molecular flexibility index (Phi) is 4.62. The third-order valence-electron chi connectivity index (χ3n) is 5.40. The summed E-state index contributed by atoms with van der Waals surface area (Å²) in [7, 11) is 0. The zero-order valence-corrected chi connectivity index (χ0v) is 16.5. The van der Waals surface area contributed by atoms with Gasteiger partial charge in [0.1, 0.15) is 29.3 Å². The number of carboxylic acid groups (broad SMARTS) is 1. The maximum Gasteiger partial charge on any atom is 0.407 e. The SMILES string of the molecule is Nc1ncnc2c1c(-c1ccc(Oc3ccccc3)cc1)nn2C1CCN(C(=O)O)C1. The molecule has 1 aliphatic rings. The van der Waals surface area contributed by atoms with E-state index in [0.29, 0.717) is 47.8 Å². The molecule has 1 saturated heterocycles. The van der Waals surface area contributed by atoms with Gasteiger partial charge in [0, 0.05) is 18.7 Å². The van der Waals surface area contributed by atoms with Crippen molar-refractivity contribution >= 4 is 22.9 Å². The van der Waals surface area contributed by atoms with Gasteiger partial charge in [-0.2, -0.15) is 5.10 Å². The molecule has 1 amide bonds. The fourth-order valence-electron chi connectivity index (χ4n) is 3.87. The second-order valence-electron chi connectivity index (χ2n) is 7.36. The average Bonchev–Trinajstić information content (AvgIpc) is 3.41. The molecule has 5 rings (SSSR count). The fourth-order valence-corrected chi connectivity index (χ4v) is 3.87. The molecule has 2 aromatic heterocycles. The van der Waals surface area contributed by atoms with Gasteiger partial charge in [0.15, 0.2) is 5.65 Å². The van der Waals surface area contributed by atoms with Crippen LogP contribution >= 0.6 is 0 Å². The first kappa shape index (κ1) is 18.9. The highest BCUT2D eigenvalue weighted by molar-refractivity contribution is 5.98. The monoisotopic (exact) mass is 416 g/mol. The molecule has 1 aliphatic heterocycles. The first-order valence-electron chi connectivity index (χ1n) is 9.90. The van der Waals surface area contributed by atoms with Crippen molar-refractivity contribution in [1.82, 2.24) is 24.6 Å². The Morgan fingerprint density at radius 1 is 1.06 bits per heavy atom. The Hall–Kier alpha value is -4.14. The maximum absolute atomic E-state index is 11.3. The van der Waals surface area contributed by atoms with Crippen LogP contribution in [-0.4, -0.2) is 48.9 Å². The minimum Gasteiger partial charge on any atom is -0.465 e. The summed E-state index contributed by atoms with van der Waals surface area (Å²) < 4.78 is 7.64. The van der Waals surface area contributed by atoms with E-state index in [9.17, 15) is 9.90 Å². The number of nitrogens with two attached hydrogens (primary N) is 1. The summed E-state index contributed by atoms with van der Waals surface area (Å²) in [4.78, 5) is 21.2. The molecule has 1 atom stereocenters. The Labute approximate surface area is 177 Å². The number of carbonyl (C=O) groups is 1. The van der Waals surface area contributed by atoms with Crippen molar-refractivity contribution in [3.63, 3.8) is 0 Å². The topological polar surface area (TPSA) is 119 Å². The number of aromatic nitrogens is 4. The third kappa shape index (κ3) is 3.50. The number of fused-ring (bicyclic) bond motifs is 1. The lowest BCUT2D eigenvalue weighted by molar-refractivity contribution is 0.154. The first-order valence-corrected chi connectivity index (χ1v) is 9.90. The predicted octanol–water partition coefficient (Wildman–Crippen LogP) is 3.79. The summed E-state index contributed by atoms with van der Waals surface area (Å²) in [6, 6.07) is 17.0. The van der Waals surface area contributed by atoms with Crippen LogP contribution in [0, 0.1) is 0 Å². The molecule has 1 fully saturated rings. The molecular formula is C22H20N6O3. The number of amides is 1. The molecular weight excluding hydrogens is 396 g/mol. The summed E-state index contributed by atoms with van der Waals surface area (Å²) >= 11 is 0. The van der Waals surface area contributed by atoms with Crippen LogP contribution in [-0.2, 0) is 0 Å². The van der Waals surface area contributed by atoms with Gasteiger partial charge in [-0.1, -0.05) is 18.2 Å². The number of benzene rings is 2. The van der Waals surface area contributed by atoms with E-state index in [0.717, 1.165) is 11.3 Å². The Balaban J connectivity index is 1.51. The molecule has 2 aromatic carbocycles. The zero-order chi connectivity index (χ0) is 21.4. The normalized spacial score (nSPS) is 16.0. The molecule has 1 unspecified atom stereocenters. The van der Waals surface area contributed by atoms with Gasteiger partial charge in [-0.3, -0.25) is 0 Å². The van der Waals surface area contributed by atoms with Gasteiger partial charge < -0.3 is 20.5 Å². The lowest BCUT2D eigenvalue weighted by Gasteiger charge is -2.13. The van der Waals surface area contributed by atoms with E-state index >= 15 is 0 Å². The van der Waals surface area contributed by atoms with Crippen LogP contribution in [0.1, 0.15) is 12.5 Å².